The van der Waals surface area contributed by atoms with Crippen LogP contribution in [0, 0.1) is 0 Å². The molecule has 0 aliphatic rings. The minimum Gasteiger partial charge on any atom is -0.466 e. The van der Waals surface area contributed by atoms with Crippen molar-refractivity contribution in [3.05, 3.63) is 47.8 Å². The molecule has 2 aromatic rings. The first-order valence-corrected chi connectivity index (χ1v) is 7.00. The van der Waals surface area contributed by atoms with Crippen LogP contribution in [0.5, 0.6) is 0 Å². The Morgan fingerprint density at radius 2 is 2.00 bits per heavy atom. The fourth-order valence-corrected chi connectivity index (χ4v) is 1.93. The smallest absolute Gasteiger partial charge is 0.306 e. The first kappa shape index (κ1) is 15.1. The van der Waals surface area contributed by atoms with Gasteiger partial charge in [0.1, 0.15) is 0 Å². The highest BCUT2D eigenvalue weighted by Gasteiger charge is 2.06. The molecule has 0 saturated carbocycles. The Balaban J connectivity index is 2.07. The number of nitrogens with zero attached hydrogens (tertiary/aromatic N) is 2. The number of carbonyl (C=O) groups is 1. The number of ether oxygens (including phenoxy) is 1. The third kappa shape index (κ3) is 4.36. The van der Waals surface area contributed by atoms with Gasteiger partial charge in [-0.15, -0.1) is 0 Å². The molecule has 1 aromatic carbocycles. The summed E-state index contributed by atoms with van der Waals surface area (Å²) < 4.78 is 4.91. The molecule has 0 aliphatic heterocycles. The zero-order chi connectivity index (χ0) is 15.1. The van der Waals surface area contributed by atoms with Gasteiger partial charge in [0.25, 0.3) is 0 Å². The summed E-state index contributed by atoms with van der Waals surface area (Å²) in [6, 6.07) is 9.64. The zero-order valence-electron chi connectivity index (χ0n) is 12.1. The number of nitrogens with two attached hydrogens (primary N) is 1. The number of aryl methyl sites for hydroxylation is 1. The summed E-state index contributed by atoms with van der Waals surface area (Å²) in [5, 5.41) is 0. The highest BCUT2D eigenvalue weighted by atomic mass is 16.5. The largest absolute Gasteiger partial charge is 0.466 e. The monoisotopic (exact) mass is 285 g/mol. The molecule has 2 rings (SSSR count). The van der Waals surface area contributed by atoms with E-state index in [4.69, 9.17) is 10.5 Å². The third-order valence-electron chi connectivity index (χ3n) is 3.05. The van der Waals surface area contributed by atoms with E-state index < -0.39 is 0 Å². The topological polar surface area (TPSA) is 78.1 Å². The van der Waals surface area contributed by atoms with Crippen molar-refractivity contribution in [2.75, 3.05) is 6.61 Å². The molecule has 0 amide bonds. The summed E-state index contributed by atoms with van der Waals surface area (Å²) in [7, 11) is 0. The fraction of sp³-hybridized carbons (Fsp3) is 0.312. The van der Waals surface area contributed by atoms with Crippen LogP contribution >= 0.6 is 0 Å². The molecule has 0 saturated heterocycles. The molecule has 0 radical (unpaired) electrons. The van der Waals surface area contributed by atoms with Crippen LogP contribution in [0.2, 0.25) is 0 Å². The molecular weight excluding hydrogens is 266 g/mol. The number of esters is 1. The molecule has 0 unspecified atom stereocenters. The van der Waals surface area contributed by atoms with Gasteiger partial charge in [0.15, 0.2) is 5.82 Å². The number of benzene rings is 1. The SMILES string of the molecule is CCOC(=O)CCc1ccnc(-c2ccc(CN)cc2)n1. The van der Waals surface area contributed by atoms with Crippen LogP contribution in [0.1, 0.15) is 24.6 Å². The summed E-state index contributed by atoms with van der Waals surface area (Å²) in [4.78, 5) is 20.1. The molecule has 110 valence electrons. The first-order chi connectivity index (χ1) is 10.2. The van der Waals surface area contributed by atoms with E-state index in [1.807, 2.05) is 30.3 Å². The lowest BCUT2D eigenvalue weighted by Crippen LogP contribution is -2.06. The summed E-state index contributed by atoms with van der Waals surface area (Å²) in [5.41, 5.74) is 8.41. The van der Waals surface area contributed by atoms with Gasteiger partial charge >= 0.3 is 5.97 Å². The molecule has 5 nitrogen and oxygen atoms in total. The van der Waals surface area contributed by atoms with E-state index in [-0.39, 0.29) is 5.97 Å². The minimum absolute atomic E-state index is 0.204. The van der Waals surface area contributed by atoms with Crippen molar-refractivity contribution >= 4 is 5.97 Å². The maximum Gasteiger partial charge on any atom is 0.306 e. The van der Waals surface area contributed by atoms with Gasteiger partial charge in [-0.05, 0) is 18.6 Å². The summed E-state index contributed by atoms with van der Waals surface area (Å²) in [6.45, 7) is 2.72. The number of rotatable bonds is 6. The molecule has 5 heteroatoms. The predicted molar refractivity (Wildman–Crippen MR) is 80.3 cm³/mol. The van der Waals surface area contributed by atoms with Crippen LogP contribution in [-0.4, -0.2) is 22.5 Å². The average Bonchev–Trinajstić information content (AvgIpc) is 2.54. The van der Waals surface area contributed by atoms with Crippen LogP contribution in [-0.2, 0) is 22.5 Å². The molecule has 0 aliphatic carbocycles. The van der Waals surface area contributed by atoms with E-state index in [0.29, 0.717) is 31.8 Å². The van der Waals surface area contributed by atoms with Gasteiger partial charge in [-0.1, -0.05) is 24.3 Å². The number of carbonyl (C=O) groups excluding carboxylic acids is 1. The lowest BCUT2D eigenvalue weighted by atomic mass is 10.1. The highest BCUT2D eigenvalue weighted by Crippen LogP contribution is 2.16. The molecule has 1 heterocycles. The van der Waals surface area contributed by atoms with Crippen LogP contribution in [0.3, 0.4) is 0 Å². The van der Waals surface area contributed by atoms with Gasteiger partial charge in [0, 0.05) is 30.4 Å². The lowest BCUT2D eigenvalue weighted by Gasteiger charge is -2.05. The Morgan fingerprint density at radius 1 is 1.24 bits per heavy atom. The van der Waals surface area contributed by atoms with Crippen molar-refractivity contribution < 1.29 is 9.53 Å². The van der Waals surface area contributed by atoms with Crippen LogP contribution in [0.25, 0.3) is 11.4 Å². The van der Waals surface area contributed by atoms with Gasteiger partial charge in [0.2, 0.25) is 0 Å². The molecule has 0 atom stereocenters. The molecule has 0 fully saturated rings. The molecular formula is C16H19N3O2. The normalized spacial score (nSPS) is 10.4. The van der Waals surface area contributed by atoms with Crippen molar-refractivity contribution in [3.8, 4) is 11.4 Å². The van der Waals surface area contributed by atoms with Gasteiger partial charge in [-0.3, -0.25) is 4.79 Å². The second-order valence-corrected chi connectivity index (χ2v) is 4.58. The van der Waals surface area contributed by atoms with Crippen LogP contribution < -0.4 is 5.73 Å². The van der Waals surface area contributed by atoms with E-state index in [0.717, 1.165) is 16.8 Å². The Kier molecular flexibility index (Phi) is 5.40. The minimum atomic E-state index is -0.204. The summed E-state index contributed by atoms with van der Waals surface area (Å²) in [5.74, 6) is 0.449. The van der Waals surface area contributed by atoms with Crippen LogP contribution in [0.4, 0.5) is 0 Å². The van der Waals surface area contributed by atoms with Crippen molar-refractivity contribution in [2.24, 2.45) is 5.73 Å². The Bertz CT molecular complexity index is 597. The van der Waals surface area contributed by atoms with Gasteiger partial charge in [-0.2, -0.15) is 0 Å². The van der Waals surface area contributed by atoms with Crippen molar-refractivity contribution in [1.82, 2.24) is 9.97 Å². The molecule has 2 N–H and O–H groups in total. The van der Waals surface area contributed by atoms with E-state index in [1.165, 1.54) is 0 Å². The van der Waals surface area contributed by atoms with Crippen molar-refractivity contribution in [1.29, 1.82) is 0 Å². The van der Waals surface area contributed by atoms with E-state index in [9.17, 15) is 4.79 Å². The Labute approximate surface area is 124 Å². The van der Waals surface area contributed by atoms with Crippen molar-refractivity contribution in [3.63, 3.8) is 0 Å². The van der Waals surface area contributed by atoms with Gasteiger partial charge in [0.05, 0.1) is 13.0 Å². The highest BCUT2D eigenvalue weighted by molar-refractivity contribution is 5.69. The standard InChI is InChI=1S/C16H19N3O2/c1-2-21-15(20)8-7-14-9-10-18-16(19-14)13-5-3-12(11-17)4-6-13/h3-6,9-10H,2,7-8,11,17H2,1H3. The predicted octanol–water partition coefficient (Wildman–Crippen LogP) is 2.10. The van der Waals surface area contributed by atoms with Crippen molar-refractivity contribution in [2.45, 2.75) is 26.3 Å². The third-order valence-corrected chi connectivity index (χ3v) is 3.05. The Morgan fingerprint density at radius 3 is 2.67 bits per heavy atom. The Hall–Kier alpha value is -2.27. The second kappa shape index (κ2) is 7.50. The maximum absolute atomic E-state index is 11.4. The van der Waals surface area contributed by atoms with Gasteiger partial charge in [-0.25, -0.2) is 9.97 Å². The van der Waals surface area contributed by atoms with E-state index >= 15 is 0 Å². The number of aromatic nitrogens is 2. The maximum atomic E-state index is 11.4. The van der Waals surface area contributed by atoms with Gasteiger partial charge < -0.3 is 10.5 Å². The fourth-order valence-electron chi connectivity index (χ4n) is 1.93. The second-order valence-electron chi connectivity index (χ2n) is 4.58. The molecule has 0 bridgehead atoms. The van der Waals surface area contributed by atoms with E-state index in [2.05, 4.69) is 9.97 Å². The molecule has 21 heavy (non-hydrogen) atoms. The first-order valence-electron chi connectivity index (χ1n) is 7.00. The quantitative estimate of drug-likeness (QED) is 0.822. The van der Waals surface area contributed by atoms with Crippen LogP contribution in [0.15, 0.2) is 36.5 Å². The summed E-state index contributed by atoms with van der Waals surface area (Å²) >= 11 is 0. The summed E-state index contributed by atoms with van der Waals surface area (Å²) in [6.07, 6.45) is 2.59. The number of hydrogen-bond donors (Lipinski definition) is 1. The average molecular weight is 285 g/mol. The lowest BCUT2D eigenvalue weighted by molar-refractivity contribution is -0.143. The van der Waals surface area contributed by atoms with E-state index in [1.54, 1.807) is 13.1 Å². The molecule has 0 spiro atoms. The number of hydrogen-bond acceptors (Lipinski definition) is 5. The molecule has 1 aromatic heterocycles. The zero-order valence-corrected chi connectivity index (χ0v) is 12.1.